The Labute approximate surface area is 119 Å². The maximum absolute atomic E-state index is 12.3. The van der Waals surface area contributed by atoms with Gasteiger partial charge < -0.3 is 15.6 Å². The molecule has 106 valence electrons. The van der Waals surface area contributed by atoms with Crippen molar-refractivity contribution in [3.63, 3.8) is 0 Å². The van der Waals surface area contributed by atoms with Gasteiger partial charge in [-0.3, -0.25) is 4.79 Å². The maximum atomic E-state index is 12.3. The van der Waals surface area contributed by atoms with Crippen LogP contribution in [0.2, 0.25) is 0 Å². The molecule has 0 spiro atoms. The fourth-order valence-electron chi connectivity index (χ4n) is 2.23. The first-order chi connectivity index (χ1) is 9.63. The zero-order valence-electron chi connectivity index (χ0n) is 12.0. The standard InChI is InChI=1S/C16H21N3O/c1-12-8-9-14(19(12)2)11-18-16(20)15(10-17)13-6-4-3-5-7-13/h3-9,15H,10-11,17H2,1-2H3,(H,18,20). The molecule has 0 radical (unpaired) electrons. The molecule has 0 aliphatic rings. The molecule has 0 aliphatic heterocycles. The Morgan fingerprint density at radius 1 is 1.25 bits per heavy atom. The third-order valence-electron chi connectivity index (χ3n) is 3.67. The van der Waals surface area contributed by atoms with Crippen LogP contribution in [0.5, 0.6) is 0 Å². The lowest BCUT2D eigenvalue weighted by Gasteiger charge is -2.15. The van der Waals surface area contributed by atoms with Crippen LogP contribution in [-0.4, -0.2) is 17.0 Å². The third kappa shape index (κ3) is 3.08. The smallest absolute Gasteiger partial charge is 0.229 e. The number of nitrogens with zero attached hydrogens (tertiary/aromatic N) is 1. The number of hydrogen-bond acceptors (Lipinski definition) is 2. The van der Waals surface area contributed by atoms with Crippen molar-refractivity contribution >= 4 is 5.91 Å². The summed E-state index contributed by atoms with van der Waals surface area (Å²) < 4.78 is 2.07. The van der Waals surface area contributed by atoms with Gasteiger partial charge in [0.25, 0.3) is 0 Å². The zero-order valence-corrected chi connectivity index (χ0v) is 12.0. The van der Waals surface area contributed by atoms with Crippen LogP contribution in [0, 0.1) is 6.92 Å². The quantitative estimate of drug-likeness (QED) is 0.869. The molecule has 1 amide bonds. The van der Waals surface area contributed by atoms with E-state index in [1.165, 1.54) is 5.69 Å². The van der Waals surface area contributed by atoms with Gasteiger partial charge in [-0.25, -0.2) is 0 Å². The number of aryl methyl sites for hydroxylation is 1. The summed E-state index contributed by atoms with van der Waals surface area (Å²) in [4.78, 5) is 12.3. The van der Waals surface area contributed by atoms with Crippen LogP contribution in [0.3, 0.4) is 0 Å². The third-order valence-corrected chi connectivity index (χ3v) is 3.67. The van der Waals surface area contributed by atoms with Gasteiger partial charge in [-0.05, 0) is 24.6 Å². The molecule has 20 heavy (non-hydrogen) atoms. The number of carbonyl (C=O) groups is 1. The summed E-state index contributed by atoms with van der Waals surface area (Å²) in [7, 11) is 1.99. The Hall–Kier alpha value is -2.07. The van der Waals surface area contributed by atoms with Gasteiger partial charge in [-0.1, -0.05) is 30.3 Å². The van der Waals surface area contributed by atoms with E-state index in [2.05, 4.69) is 9.88 Å². The van der Waals surface area contributed by atoms with Crippen molar-refractivity contribution in [1.29, 1.82) is 0 Å². The molecule has 0 saturated carbocycles. The highest BCUT2D eigenvalue weighted by atomic mass is 16.1. The molecule has 3 N–H and O–H groups in total. The van der Waals surface area contributed by atoms with Crippen LogP contribution in [-0.2, 0) is 18.4 Å². The van der Waals surface area contributed by atoms with Gasteiger partial charge >= 0.3 is 0 Å². The van der Waals surface area contributed by atoms with Gasteiger partial charge in [0.2, 0.25) is 5.91 Å². The van der Waals surface area contributed by atoms with Gasteiger partial charge in [-0.15, -0.1) is 0 Å². The Bertz CT molecular complexity index is 575. The first-order valence-electron chi connectivity index (χ1n) is 6.77. The van der Waals surface area contributed by atoms with E-state index in [0.717, 1.165) is 11.3 Å². The molecule has 0 saturated heterocycles. The Morgan fingerprint density at radius 2 is 1.95 bits per heavy atom. The second-order valence-electron chi connectivity index (χ2n) is 4.94. The predicted molar refractivity (Wildman–Crippen MR) is 80.2 cm³/mol. The molecule has 2 aromatic rings. The van der Waals surface area contributed by atoms with Crippen molar-refractivity contribution in [3.05, 3.63) is 59.4 Å². The average Bonchev–Trinajstić information content (AvgIpc) is 2.78. The highest BCUT2D eigenvalue weighted by molar-refractivity contribution is 5.83. The summed E-state index contributed by atoms with van der Waals surface area (Å²) in [5.74, 6) is -0.324. The highest BCUT2D eigenvalue weighted by Crippen LogP contribution is 2.14. The molecular weight excluding hydrogens is 250 g/mol. The molecule has 0 bridgehead atoms. The topological polar surface area (TPSA) is 60.1 Å². The predicted octanol–water partition coefficient (Wildman–Crippen LogP) is 1.69. The van der Waals surface area contributed by atoms with Crippen LogP contribution in [0.15, 0.2) is 42.5 Å². The number of benzene rings is 1. The number of amides is 1. The monoisotopic (exact) mass is 271 g/mol. The summed E-state index contributed by atoms with van der Waals surface area (Å²) in [5, 5.41) is 2.96. The first-order valence-corrected chi connectivity index (χ1v) is 6.77. The van der Waals surface area contributed by atoms with E-state index in [4.69, 9.17) is 5.73 Å². The average molecular weight is 271 g/mol. The van der Waals surface area contributed by atoms with Crippen LogP contribution in [0.25, 0.3) is 0 Å². The van der Waals surface area contributed by atoms with Crippen molar-refractivity contribution in [1.82, 2.24) is 9.88 Å². The van der Waals surface area contributed by atoms with Crippen molar-refractivity contribution in [3.8, 4) is 0 Å². The molecule has 1 atom stereocenters. The summed E-state index contributed by atoms with van der Waals surface area (Å²) in [6.45, 7) is 2.87. The van der Waals surface area contributed by atoms with Crippen LogP contribution < -0.4 is 11.1 Å². The summed E-state index contributed by atoms with van der Waals surface area (Å²) in [6, 6.07) is 13.7. The molecular formula is C16H21N3O. The minimum Gasteiger partial charge on any atom is -0.350 e. The van der Waals surface area contributed by atoms with Crippen molar-refractivity contribution in [2.45, 2.75) is 19.4 Å². The van der Waals surface area contributed by atoms with Crippen LogP contribution in [0.1, 0.15) is 22.9 Å². The Morgan fingerprint density at radius 3 is 2.50 bits per heavy atom. The van der Waals surface area contributed by atoms with Crippen molar-refractivity contribution in [2.75, 3.05) is 6.54 Å². The molecule has 1 heterocycles. The normalized spacial score (nSPS) is 12.2. The number of carbonyl (C=O) groups excluding carboxylic acids is 1. The number of aromatic nitrogens is 1. The van der Waals surface area contributed by atoms with E-state index in [0.29, 0.717) is 13.1 Å². The zero-order chi connectivity index (χ0) is 14.5. The second kappa shape index (κ2) is 6.39. The van der Waals surface area contributed by atoms with E-state index in [-0.39, 0.29) is 11.8 Å². The van der Waals surface area contributed by atoms with Gasteiger partial charge in [-0.2, -0.15) is 0 Å². The van der Waals surface area contributed by atoms with Crippen molar-refractivity contribution < 1.29 is 4.79 Å². The SMILES string of the molecule is Cc1ccc(CNC(=O)C(CN)c2ccccc2)n1C. The van der Waals surface area contributed by atoms with E-state index in [9.17, 15) is 4.79 Å². The lowest BCUT2D eigenvalue weighted by molar-refractivity contribution is -0.122. The molecule has 1 aromatic carbocycles. The van der Waals surface area contributed by atoms with Crippen molar-refractivity contribution in [2.24, 2.45) is 12.8 Å². The Balaban J connectivity index is 2.02. The van der Waals surface area contributed by atoms with Crippen LogP contribution in [0.4, 0.5) is 0 Å². The maximum Gasteiger partial charge on any atom is 0.229 e. The van der Waals surface area contributed by atoms with Gasteiger partial charge in [0.05, 0.1) is 12.5 Å². The minimum absolute atomic E-state index is 0.0300. The summed E-state index contributed by atoms with van der Waals surface area (Å²) >= 11 is 0. The summed E-state index contributed by atoms with van der Waals surface area (Å²) in [5.41, 5.74) is 8.95. The molecule has 0 fully saturated rings. The number of hydrogen-bond donors (Lipinski definition) is 2. The van der Waals surface area contributed by atoms with E-state index in [1.54, 1.807) is 0 Å². The van der Waals surface area contributed by atoms with Crippen LogP contribution >= 0.6 is 0 Å². The van der Waals surface area contributed by atoms with Gasteiger partial charge in [0.1, 0.15) is 0 Å². The molecule has 0 aliphatic carbocycles. The first kappa shape index (κ1) is 14.3. The number of rotatable bonds is 5. The molecule has 2 rings (SSSR count). The number of nitrogens with two attached hydrogens (primary N) is 1. The van der Waals surface area contributed by atoms with E-state index >= 15 is 0 Å². The molecule has 1 unspecified atom stereocenters. The fourth-order valence-corrected chi connectivity index (χ4v) is 2.23. The molecule has 4 nitrogen and oxygen atoms in total. The molecule has 1 aromatic heterocycles. The molecule has 4 heteroatoms. The second-order valence-corrected chi connectivity index (χ2v) is 4.94. The summed E-state index contributed by atoms with van der Waals surface area (Å²) in [6.07, 6.45) is 0. The number of nitrogens with one attached hydrogen (secondary N) is 1. The van der Waals surface area contributed by atoms with E-state index < -0.39 is 0 Å². The van der Waals surface area contributed by atoms with Gasteiger partial charge in [0, 0.05) is 25.0 Å². The minimum atomic E-state index is -0.294. The lowest BCUT2D eigenvalue weighted by Crippen LogP contribution is -2.33. The van der Waals surface area contributed by atoms with Gasteiger partial charge in [0.15, 0.2) is 0 Å². The van der Waals surface area contributed by atoms with E-state index in [1.807, 2.05) is 56.4 Å². The fraction of sp³-hybridized carbons (Fsp3) is 0.312. The highest BCUT2D eigenvalue weighted by Gasteiger charge is 2.18. The Kier molecular flexibility index (Phi) is 4.58. The lowest BCUT2D eigenvalue weighted by atomic mass is 9.98. The largest absolute Gasteiger partial charge is 0.350 e.